The first-order valence-electron chi connectivity index (χ1n) is 8.96. The van der Waals surface area contributed by atoms with Crippen LogP contribution in [0.1, 0.15) is 46.6 Å². The average molecular weight is 398 g/mol. The van der Waals surface area contributed by atoms with Gasteiger partial charge in [0.25, 0.3) is 0 Å². The number of nitrogens with one attached hydrogen (secondary N) is 2. The lowest BCUT2D eigenvalue weighted by molar-refractivity contribution is -0.117. The highest BCUT2D eigenvalue weighted by atomic mass is 35.5. The zero-order valence-electron chi connectivity index (χ0n) is 16.8. The Balaban J connectivity index is 0.00000676. The number of hydrogen-bond acceptors (Lipinski definition) is 5. The van der Waals surface area contributed by atoms with Crippen molar-refractivity contribution < 1.29 is 14.6 Å². The van der Waals surface area contributed by atoms with Crippen LogP contribution in [0.4, 0.5) is 5.69 Å². The van der Waals surface area contributed by atoms with Crippen LogP contribution in [0.25, 0.3) is 0 Å². The summed E-state index contributed by atoms with van der Waals surface area (Å²) in [5, 5.41) is 25.2. The number of nitrogens with zero attached hydrogens (tertiary/aromatic N) is 1. The van der Waals surface area contributed by atoms with Crippen molar-refractivity contribution in [2.24, 2.45) is 11.3 Å². The normalized spacial score (nSPS) is 12.1. The molecule has 1 aromatic carbocycles. The van der Waals surface area contributed by atoms with Crippen LogP contribution in [0.5, 0.6) is 5.75 Å². The maximum absolute atomic E-state index is 12.0. The summed E-state index contributed by atoms with van der Waals surface area (Å²) in [5.41, 5.74) is 0.772. The van der Waals surface area contributed by atoms with Gasteiger partial charge in [0.05, 0.1) is 5.56 Å². The number of anilines is 1. The number of rotatable bonds is 9. The minimum atomic E-state index is -0.661. The van der Waals surface area contributed by atoms with Crippen molar-refractivity contribution >= 4 is 24.0 Å². The first-order valence-corrected chi connectivity index (χ1v) is 8.96. The predicted molar refractivity (Wildman–Crippen MR) is 110 cm³/mol. The molecular weight excluding hydrogens is 366 g/mol. The minimum absolute atomic E-state index is 0. The van der Waals surface area contributed by atoms with E-state index in [1.165, 1.54) is 0 Å². The molecule has 1 amide bonds. The van der Waals surface area contributed by atoms with Gasteiger partial charge in [0.1, 0.15) is 24.5 Å². The third-order valence-electron chi connectivity index (χ3n) is 3.44. The Labute approximate surface area is 168 Å². The first kappa shape index (κ1) is 25.2. The van der Waals surface area contributed by atoms with Crippen LogP contribution >= 0.6 is 12.4 Å². The summed E-state index contributed by atoms with van der Waals surface area (Å²) in [7, 11) is 0. The molecule has 0 aliphatic heterocycles. The van der Waals surface area contributed by atoms with Gasteiger partial charge >= 0.3 is 0 Å². The van der Waals surface area contributed by atoms with Gasteiger partial charge in [-0.1, -0.05) is 34.6 Å². The molecule has 0 fully saturated rings. The zero-order valence-corrected chi connectivity index (χ0v) is 17.7. The standard InChI is InChI=1S/C20H31N3O3.ClH/c1-14(2)11-22-12-17(24)13-26-18-7-6-16(8-15(18)10-21)23-19(25)9-20(3,4)5;/h6-8,14,17,22,24H,9,11-13H2,1-5H3,(H,23,25);1H. The lowest BCUT2D eigenvalue weighted by atomic mass is 9.92. The van der Waals surface area contributed by atoms with Crippen LogP contribution in [0.3, 0.4) is 0 Å². The van der Waals surface area contributed by atoms with Crippen LogP contribution < -0.4 is 15.4 Å². The third kappa shape index (κ3) is 10.8. The fourth-order valence-corrected chi connectivity index (χ4v) is 2.29. The van der Waals surface area contributed by atoms with Crippen LogP contribution in [-0.4, -0.2) is 36.8 Å². The second-order valence-corrected chi connectivity index (χ2v) is 8.13. The number of nitriles is 1. The van der Waals surface area contributed by atoms with Crippen LogP contribution in [-0.2, 0) is 4.79 Å². The second kappa shape index (κ2) is 11.8. The van der Waals surface area contributed by atoms with Gasteiger partial charge < -0.3 is 20.5 Å². The summed E-state index contributed by atoms with van der Waals surface area (Å²) in [6.45, 7) is 11.5. The third-order valence-corrected chi connectivity index (χ3v) is 3.44. The molecular formula is C20H32ClN3O3. The van der Waals surface area contributed by atoms with Crippen molar-refractivity contribution in [3.8, 4) is 11.8 Å². The highest BCUT2D eigenvalue weighted by Gasteiger charge is 2.16. The fourth-order valence-electron chi connectivity index (χ4n) is 2.29. The molecule has 7 heteroatoms. The molecule has 0 bridgehead atoms. The summed E-state index contributed by atoms with van der Waals surface area (Å²) in [6.07, 6.45) is -0.269. The molecule has 1 unspecified atom stereocenters. The summed E-state index contributed by atoms with van der Waals surface area (Å²) in [4.78, 5) is 12.0. The molecule has 0 radical (unpaired) electrons. The first-order chi connectivity index (χ1) is 12.1. The number of amides is 1. The van der Waals surface area contributed by atoms with Gasteiger partial charge in [0.2, 0.25) is 5.91 Å². The Morgan fingerprint density at radius 3 is 2.52 bits per heavy atom. The van der Waals surface area contributed by atoms with E-state index in [2.05, 4.69) is 30.6 Å². The average Bonchev–Trinajstić information content (AvgIpc) is 2.51. The Morgan fingerprint density at radius 1 is 1.30 bits per heavy atom. The molecule has 0 saturated heterocycles. The van der Waals surface area contributed by atoms with E-state index in [9.17, 15) is 15.2 Å². The molecule has 152 valence electrons. The number of carbonyl (C=O) groups excluding carboxylic acids is 1. The number of carbonyl (C=O) groups is 1. The fraction of sp³-hybridized carbons (Fsp3) is 0.600. The van der Waals surface area contributed by atoms with Crippen LogP contribution in [0.2, 0.25) is 0 Å². The largest absolute Gasteiger partial charge is 0.489 e. The maximum Gasteiger partial charge on any atom is 0.224 e. The lowest BCUT2D eigenvalue weighted by Crippen LogP contribution is -2.33. The smallest absolute Gasteiger partial charge is 0.224 e. The molecule has 0 aromatic heterocycles. The van der Waals surface area contributed by atoms with E-state index < -0.39 is 6.10 Å². The SMILES string of the molecule is CC(C)CNCC(O)COc1ccc(NC(=O)CC(C)(C)C)cc1C#N.Cl. The second-order valence-electron chi connectivity index (χ2n) is 8.13. The van der Waals surface area contributed by atoms with E-state index in [4.69, 9.17) is 4.74 Å². The van der Waals surface area contributed by atoms with Gasteiger partial charge in [-0.3, -0.25) is 4.79 Å². The molecule has 1 atom stereocenters. The Bertz CT molecular complexity index is 636. The van der Waals surface area contributed by atoms with Crippen molar-refractivity contribution in [1.29, 1.82) is 5.26 Å². The summed E-state index contributed by atoms with van der Waals surface area (Å²) in [6, 6.07) is 6.98. The van der Waals surface area contributed by atoms with Gasteiger partial charge in [-0.15, -0.1) is 12.4 Å². The van der Waals surface area contributed by atoms with E-state index in [1.54, 1.807) is 18.2 Å². The number of halogens is 1. The van der Waals surface area contributed by atoms with Crippen LogP contribution in [0, 0.1) is 22.7 Å². The van der Waals surface area contributed by atoms with Gasteiger partial charge in [-0.05, 0) is 36.1 Å². The quantitative estimate of drug-likeness (QED) is 0.594. The zero-order chi connectivity index (χ0) is 19.7. The summed E-state index contributed by atoms with van der Waals surface area (Å²) in [5.74, 6) is 0.806. The van der Waals surface area contributed by atoms with Gasteiger partial charge in [-0.2, -0.15) is 5.26 Å². The summed E-state index contributed by atoms with van der Waals surface area (Å²) >= 11 is 0. The number of hydrogen-bond donors (Lipinski definition) is 3. The molecule has 0 heterocycles. The minimum Gasteiger partial charge on any atom is -0.489 e. The lowest BCUT2D eigenvalue weighted by Gasteiger charge is -2.18. The number of ether oxygens (including phenoxy) is 1. The molecule has 6 nitrogen and oxygen atoms in total. The molecule has 1 aromatic rings. The van der Waals surface area contributed by atoms with E-state index in [0.29, 0.717) is 35.9 Å². The van der Waals surface area contributed by atoms with Crippen molar-refractivity contribution in [3.63, 3.8) is 0 Å². The monoisotopic (exact) mass is 397 g/mol. The van der Waals surface area contributed by atoms with Crippen LogP contribution in [0.15, 0.2) is 18.2 Å². The van der Waals surface area contributed by atoms with Crippen molar-refractivity contribution in [3.05, 3.63) is 23.8 Å². The molecule has 1 rings (SSSR count). The van der Waals surface area contributed by atoms with Gasteiger partial charge in [0, 0.05) is 18.7 Å². The topological polar surface area (TPSA) is 94.4 Å². The van der Waals surface area contributed by atoms with Crippen molar-refractivity contribution in [2.75, 3.05) is 25.0 Å². The van der Waals surface area contributed by atoms with E-state index in [1.807, 2.05) is 20.8 Å². The molecule has 3 N–H and O–H groups in total. The molecule has 0 saturated carbocycles. The van der Waals surface area contributed by atoms with Gasteiger partial charge in [0.15, 0.2) is 0 Å². The van der Waals surface area contributed by atoms with Gasteiger partial charge in [-0.25, -0.2) is 0 Å². The molecule has 0 aliphatic carbocycles. The van der Waals surface area contributed by atoms with E-state index in [0.717, 1.165) is 6.54 Å². The molecule has 0 aliphatic rings. The highest BCUT2D eigenvalue weighted by molar-refractivity contribution is 5.91. The van der Waals surface area contributed by atoms with E-state index in [-0.39, 0.29) is 30.3 Å². The highest BCUT2D eigenvalue weighted by Crippen LogP contribution is 2.24. The van der Waals surface area contributed by atoms with Crippen molar-refractivity contribution in [2.45, 2.75) is 47.1 Å². The Kier molecular flexibility index (Phi) is 11.0. The Hall–Kier alpha value is -1.81. The Morgan fingerprint density at radius 2 is 1.96 bits per heavy atom. The molecule has 27 heavy (non-hydrogen) atoms. The number of aliphatic hydroxyl groups excluding tert-OH is 1. The van der Waals surface area contributed by atoms with Crippen molar-refractivity contribution in [1.82, 2.24) is 5.32 Å². The summed E-state index contributed by atoms with van der Waals surface area (Å²) < 4.78 is 5.56. The van der Waals surface area contributed by atoms with E-state index >= 15 is 0 Å². The number of aliphatic hydroxyl groups is 1. The predicted octanol–water partition coefficient (Wildman–Crippen LogP) is 3.34. The number of benzene rings is 1. The maximum atomic E-state index is 12.0. The molecule has 0 spiro atoms.